The maximum atomic E-state index is 6.44. The minimum Gasteiger partial charge on any atom is -0.354 e. The monoisotopic (exact) mass is 642 g/mol. The van der Waals surface area contributed by atoms with Gasteiger partial charge in [-0.3, -0.25) is 0 Å². The van der Waals surface area contributed by atoms with Gasteiger partial charge < -0.3 is 18.9 Å². The van der Waals surface area contributed by atoms with Crippen molar-refractivity contribution in [3.05, 3.63) is 0 Å². The summed E-state index contributed by atoms with van der Waals surface area (Å²) in [5.41, 5.74) is -0.497. The van der Waals surface area contributed by atoms with Crippen LogP contribution in [0.15, 0.2) is 0 Å². The van der Waals surface area contributed by atoms with Gasteiger partial charge in [0.2, 0.25) is 0 Å². The normalized spacial score (nSPS) is 13.1. The van der Waals surface area contributed by atoms with E-state index < -0.39 is 19.0 Å². The fraction of sp³-hybridized carbons (Fsp3) is 1.00. The summed E-state index contributed by atoms with van der Waals surface area (Å²) >= 11 is 0. The van der Waals surface area contributed by atoms with Crippen LogP contribution in [-0.2, 0) is 18.9 Å². The van der Waals surface area contributed by atoms with E-state index >= 15 is 0 Å². The molecule has 0 amide bonds. The van der Waals surface area contributed by atoms with Crippen LogP contribution in [0.4, 0.5) is 0 Å². The third kappa shape index (κ3) is 22.5. The zero-order chi connectivity index (χ0) is 28.9. The Hall–Kier alpha value is 1.32. The Bertz CT molecular complexity index is 441. The van der Waals surface area contributed by atoms with Gasteiger partial charge in [-0.1, -0.05) is 114 Å². The lowest BCUT2D eigenvalue weighted by Gasteiger charge is -2.33. The van der Waals surface area contributed by atoms with E-state index in [2.05, 4.69) is 40.8 Å². The molecule has 9 heteroatoms. The average molecular weight is 643 g/mol. The second-order valence-corrected chi connectivity index (χ2v) is 18.7. The van der Waals surface area contributed by atoms with E-state index in [1.165, 1.54) is 64.2 Å². The lowest BCUT2D eigenvalue weighted by atomic mass is 10.2. The number of ether oxygens (including phenoxy) is 4. The first kappa shape index (κ1) is 40.3. The lowest BCUT2D eigenvalue weighted by Crippen LogP contribution is -2.42. The van der Waals surface area contributed by atoms with E-state index in [0.29, 0.717) is 0 Å². The van der Waals surface area contributed by atoms with Gasteiger partial charge in [0, 0.05) is 37.9 Å². The van der Waals surface area contributed by atoms with E-state index in [-0.39, 0.29) is 10.8 Å². The van der Waals surface area contributed by atoms with Crippen LogP contribution >= 0.6 is 31.4 Å². The van der Waals surface area contributed by atoms with E-state index in [1.807, 2.05) is 31.4 Å². The van der Waals surface area contributed by atoms with Crippen LogP contribution in [-0.4, -0.2) is 67.8 Å². The Morgan fingerprint density at radius 2 is 0.769 bits per heavy atom. The van der Waals surface area contributed by atoms with Crippen LogP contribution in [0.3, 0.4) is 0 Å². The van der Waals surface area contributed by atoms with Crippen molar-refractivity contribution in [1.29, 1.82) is 0 Å². The van der Waals surface area contributed by atoms with Crippen LogP contribution in [0.2, 0.25) is 13.1 Å². The molecule has 0 aliphatic rings. The number of unbranched alkanes of at least 4 members (excludes halogenated alkanes) is 8. The second kappa shape index (κ2) is 29.4. The number of rotatable bonds is 32. The Kier molecular flexibility index (Phi) is 30.4. The van der Waals surface area contributed by atoms with Gasteiger partial charge in [0.25, 0.3) is 0 Å². The summed E-state index contributed by atoms with van der Waals surface area (Å²) in [4.78, 5) is 0. The van der Waals surface area contributed by atoms with Crippen molar-refractivity contribution >= 4 is 50.5 Å². The third-order valence-electron chi connectivity index (χ3n) is 7.20. The second-order valence-electron chi connectivity index (χ2n) is 10.7. The average Bonchev–Trinajstić information content (AvgIpc) is 2.96. The van der Waals surface area contributed by atoms with Gasteiger partial charge in [0.1, 0.15) is 10.8 Å². The highest BCUT2D eigenvalue weighted by molar-refractivity contribution is 9.09. The summed E-state index contributed by atoms with van der Waals surface area (Å²) in [6.45, 7) is 17.1. The molecule has 236 valence electrons. The largest absolute Gasteiger partial charge is 0.354 e. The molecule has 0 saturated carbocycles. The molecule has 0 radical (unpaired) electrons. The van der Waals surface area contributed by atoms with Gasteiger partial charge in [-0.2, -0.15) is 0 Å². The number of hydrogen-bond acceptors (Lipinski definition) is 7. The van der Waals surface area contributed by atoms with Gasteiger partial charge in [-0.05, 0) is 61.2 Å². The molecule has 0 fully saturated rings. The van der Waals surface area contributed by atoms with Crippen molar-refractivity contribution in [2.75, 3.05) is 37.9 Å². The maximum Gasteiger partial charge on any atom is 0.144 e. The van der Waals surface area contributed by atoms with Gasteiger partial charge in [0.15, 0.2) is 0 Å². The Morgan fingerprint density at radius 3 is 1.03 bits per heavy atom. The Morgan fingerprint density at radius 1 is 0.462 bits per heavy atom. The van der Waals surface area contributed by atoms with Crippen molar-refractivity contribution in [3.63, 3.8) is 0 Å². The van der Waals surface area contributed by atoms with Crippen LogP contribution in [0.25, 0.3) is 0 Å². The summed E-state index contributed by atoms with van der Waals surface area (Å²) in [7, 11) is 5.12. The van der Waals surface area contributed by atoms with Crippen LogP contribution in [0, 0.1) is 0 Å². The topological polar surface area (TPSA) is 36.9 Å². The molecule has 0 spiro atoms. The highest BCUT2D eigenvalue weighted by Gasteiger charge is 2.30. The Balaban J connectivity index is 4.38. The van der Waals surface area contributed by atoms with Crippen molar-refractivity contribution in [2.45, 2.75) is 154 Å². The molecule has 0 atom stereocenters. The standard InChI is InChI=1S/C30H66O4S3Si2/c1-7-11-15-23-31-29(38-5,32-24-16-12-8-2)21-19-27-35-37-36-28-20-22-30(39-6,33-25-17-13-9-3)34-26-18-14-10-4/h7-28,38-39H2,1-6H3. The predicted octanol–water partition coefficient (Wildman–Crippen LogP) is 9.15. The first-order chi connectivity index (χ1) is 19.1. The van der Waals surface area contributed by atoms with E-state index in [9.17, 15) is 0 Å². The van der Waals surface area contributed by atoms with Crippen LogP contribution in [0.5, 0.6) is 0 Å². The molecular formula is C30H66O4S3Si2. The van der Waals surface area contributed by atoms with Crippen LogP contribution < -0.4 is 0 Å². The zero-order valence-electron chi connectivity index (χ0n) is 26.8. The minimum atomic E-state index is -0.420. The first-order valence-corrected chi connectivity index (χ1v) is 24.6. The van der Waals surface area contributed by atoms with Gasteiger partial charge in [-0.25, -0.2) is 0 Å². The molecule has 0 unspecified atom stereocenters. The fourth-order valence-electron chi connectivity index (χ4n) is 4.48. The quantitative estimate of drug-likeness (QED) is 0.0313. The molecule has 0 N–H and O–H groups in total. The summed E-state index contributed by atoms with van der Waals surface area (Å²) in [5.74, 6) is 2.33. The Labute approximate surface area is 260 Å². The van der Waals surface area contributed by atoms with Crippen molar-refractivity contribution in [3.8, 4) is 0 Å². The molecule has 0 heterocycles. The summed E-state index contributed by atoms with van der Waals surface area (Å²) in [5, 5.41) is 0. The SMILES string of the molecule is CCCCCOC(CCCSSSCCCC(OCCCCC)(OCCCCC)[SiH2]C)(OCCCCC)[SiH2]C. The van der Waals surface area contributed by atoms with Crippen LogP contribution in [0.1, 0.15) is 130 Å². The molecule has 0 aliphatic carbocycles. The zero-order valence-corrected chi connectivity index (χ0v) is 32.1. The summed E-state index contributed by atoms with van der Waals surface area (Å²) in [6.07, 6.45) is 19.0. The smallest absolute Gasteiger partial charge is 0.144 e. The molecule has 0 saturated heterocycles. The van der Waals surface area contributed by atoms with Gasteiger partial charge >= 0.3 is 0 Å². The number of hydrogen-bond donors (Lipinski definition) is 0. The first-order valence-electron chi connectivity index (χ1n) is 16.5. The highest BCUT2D eigenvalue weighted by Crippen LogP contribution is 2.37. The molecule has 0 aromatic heterocycles. The van der Waals surface area contributed by atoms with E-state index in [0.717, 1.165) is 76.5 Å². The summed E-state index contributed by atoms with van der Waals surface area (Å²) in [6, 6.07) is 0. The predicted molar refractivity (Wildman–Crippen MR) is 187 cm³/mol. The molecule has 0 aromatic rings. The van der Waals surface area contributed by atoms with Gasteiger partial charge in [0.05, 0.1) is 19.0 Å². The molecular weight excluding hydrogens is 577 g/mol. The van der Waals surface area contributed by atoms with Crippen molar-refractivity contribution in [1.82, 2.24) is 0 Å². The lowest BCUT2D eigenvalue weighted by molar-refractivity contribution is -0.186. The molecule has 4 nitrogen and oxygen atoms in total. The van der Waals surface area contributed by atoms with E-state index in [1.54, 1.807) is 0 Å². The fourth-order valence-corrected chi connectivity index (χ4v) is 11.0. The maximum absolute atomic E-state index is 6.44. The molecule has 0 aromatic carbocycles. The molecule has 39 heavy (non-hydrogen) atoms. The van der Waals surface area contributed by atoms with Crippen molar-refractivity contribution in [2.24, 2.45) is 0 Å². The summed E-state index contributed by atoms with van der Waals surface area (Å²) < 4.78 is 25.8. The molecule has 0 bridgehead atoms. The molecule has 0 aliphatic heterocycles. The minimum absolute atomic E-state index is 0.249. The molecule has 0 rings (SSSR count). The van der Waals surface area contributed by atoms with Gasteiger partial charge in [-0.15, -0.1) is 0 Å². The van der Waals surface area contributed by atoms with Crippen molar-refractivity contribution < 1.29 is 18.9 Å². The third-order valence-corrected chi connectivity index (χ3v) is 15.3. The van der Waals surface area contributed by atoms with E-state index in [4.69, 9.17) is 18.9 Å². The highest BCUT2D eigenvalue weighted by atomic mass is 33.5.